The van der Waals surface area contributed by atoms with Crippen LogP contribution < -0.4 is 11.1 Å². The monoisotopic (exact) mass is 553 g/mol. The van der Waals surface area contributed by atoms with Crippen molar-refractivity contribution in [2.75, 3.05) is 31.5 Å². The van der Waals surface area contributed by atoms with Crippen molar-refractivity contribution >= 4 is 34.7 Å². The van der Waals surface area contributed by atoms with Crippen LogP contribution in [0.3, 0.4) is 0 Å². The van der Waals surface area contributed by atoms with Gasteiger partial charge in [-0.05, 0) is 67.2 Å². The number of fused-ring (bicyclic) bond motifs is 2. The van der Waals surface area contributed by atoms with Crippen molar-refractivity contribution in [1.29, 1.82) is 0 Å². The number of aromatic nitrogens is 3. The van der Waals surface area contributed by atoms with Gasteiger partial charge in [0.05, 0.1) is 12.0 Å². The number of alkyl halides is 3. The van der Waals surface area contributed by atoms with Crippen molar-refractivity contribution in [1.82, 2.24) is 24.4 Å². The van der Waals surface area contributed by atoms with Gasteiger partial charge in [0, 0.05) is 55.6 Å². The maximum Gasteiger partial charge on any atom is 0.389 e. The van der Waals surface area contributed by atoms with Gasteiger partial charge in [0.15, 0.2) is 5.65 Å². The Morgan fingerprint density at radius 1 is 1.15 bits per heavy atom. The smallest absolute Gasteiger partial charge is 0.339 e. The van der Waals surface area contributed by atoms with E-state index in [-0.39, 0.29) is 18.0 Å². The Labute approximate surface area is 228 Å². The third-order valence-electron chi connectivity index (χ3n) is 8.26. The van der Waals surface area contributed by atoms with Crippen molar-refractivity contribution in [3.8, 4) is 0 Å². The lowest BCUT2D eigenvalue weighted by Crippen LogP contribution is -2.53. The highest BCUT2D eigenvalue weighted by molar-refractivity contribution is 5.95. The van der Waals surface area contributed by atoms with E-state index >= 15 is 0 Å². The van der Waals surface area contributed by atoms with Gasteiger partial charge in [-0.3, -0.25) is 9.59 Å². The highest BCUT2D eigenvalue weighted by Gasteiger charge is 2.56. The van der Waals surface area contributed by atoms with Gasteiger partial charge in [0.25, 0.3) is 5.91 Å². The molecule has 2 bridgehead atoms. The Morgan fingerprint density at radius 3 is 2.60 bits per heavy atom. The summed E-state index contributed by atoms with van der Waals surface area (Å²) in [5.74, 6) is 0.459. The molecule has 3 N–H and O–H groups in total. The number of anilines is 2. The molecular formula is C28H30F3N7O2. The molecule has 1 aromatic carbocycles. The number of halogens is 3. The van der Waals surface area contributed by atoms with Crippen LogP contribution in [-0.2, 0) is 4.79 Å². The Hall–Kier alpha value is -3.93. The molecule has 7 rings (SSSR count). The van der Waals surface area contributed by atoms with E-state index < -0.39 is 24.9 Å². The number of benzene rings is 1. The van der Waals surface area contributed by atoms with Crippen LogP contribution in [0.1, 0.15) is 48.0 Å². The van der Waals surface area contributed by atoms with Gasteiger partial charge in [-0.15, -0.1) is 5.10 Å². The Bertz CT molecular complexity index is 1480. The minimum absolute atomic E-state index is 0.00821. The van der Waals surface area contributed by atoms with Crippen LogP contribution in [-0.4, -0.2) is 74.1 Å². The molecule has 0 spiro atoms. The van der Waals surface area contributed by atoms with Crippen molar-refractivity contribution < 1.29 is 22.8 Å². The third-order valence-corrected chi connectivity index (χ3v) is 8.26. The zero-order chi connectivity index (χ0) is 28.1. The molecule has 4 aliphatic rings. The lowest BCUT2D eigenvalue weighted by atomic mass is 9.73. The van der Waals surface area contributed by atoms with Crippen molar-refractivity contribution in [3.05, 3.63) is 59.8 Å². The Kier molecular flexibility index (Phi) is 6.52. The summed E-state index contributed by atoms with van der Waals surface area (Å²) in [6.45, 7) is 1.86. The highest BCUT2D eigenvalue weighted by atomic mass is 19.4. The molecule has 3 aromatic rings. The number of rotatable bonds is 7. The number of pyridine rings is 1. The second-order valence-electron chi connectivity index (χ2n) is 10.9. The third kappa shape index (κ3) is 4.91. The molecule has 12 heteroatoms. The predicted molar refractivity (Wildman–Crippen MR) is 143 cm³/mol. The fraction of sp³-hybridized carbons (Fsp3) is 0.429. The first-order chi connectivity index (χ1) is 19.1. The van der Waals surface area contributed by atoms with E-state index in [4.69, 9.17) is 5.73 Å². The Balaban J connectivity index is 1.13. The summed E-state index contributed by atoms with van der Waals surface area (Å²) in [5, 5.41) is 7.71. The van der Waals surface area contributed by atoms with Crippen molar-refractivity contribution in [3.63, 3.8) is 0 Å². The van der Waals surface area contributed by atoms with E-state index in [1.54, 1.807) is 22.8 Å². The maximum atomic E-state index is 13.1. The number of carbonyl (C=O) groups excluding carboxylic acids is 2. The van der Waals surface area contributed by atoms with E-state index in [1.807, 2.05) is 35.2 Å². The zero-order valence-corrected chi connectivity index (χ0v) is 21.8. The summed E-state index contributed by atoms with van der Waals surface area (Å²) in [6.07, 6.45) is 0.140. The molecule has 0 radical (unpaired) electrons. The van der Waals surface area contributed by atoms with Crippen molar-refractivity contribution in [2.45, 2.75) is 43.8 Å². The van der Waals surface area contributed by atoms with Gasteiger partial charge in [-0.1, -0.05) is 6.08 Å². The molecular weight excluding hydrogens is 523 g/mol. The summed E-state index contributed by atoms with van der Waals surface area (Å²) < 4.78 is 39.1. The van der Waals surface area contributed by atoms with Crippen LogP contribution in [0.2, 0.25) is 0 Å². The summed E-state index contributed by atoms with van der Waals surface area (Å²) in [5.41, 5.74) is 9.59. The highest BCUT2D eigenvalue weighted by Crippen LogP contribution is 2.50. The lowest BCUT2D eigenvalue weighted by molar-refractivity contribution is -0.148. The normalized spacial score (nSPS) is 22.3. The van der Waals surface area contributed by atoms with Crippen LogP contribution in [0.5, 0.6) is 0 Å². The van der Waals surface area contributed by atoms with Crippen LogP contribution >= 0.6 is 0 Å². The minimum Gasteiger partial charge on any atom is -0.339 e. The van der Waals surface area contributed by atoms with E-state index in [1.165, 1.54) is 4.90 Å². The summed E-state index contributed by atoms with van der Waals surface area (Å²) in [4.78, 5) is 33.3. The van der Waals surface area contributed by atoms with Crippen LogP contribution in [0.15, 0.2) is 48.7 Å². The molecule has 5 heterocycles. The quantitative estimate of drug-likeness (QED) is 0.458. The second kappa shape index (κ2) is 9.92. The predicted octanol–water partition coefficient (Wildman–Crippen LogP) is 3.99. The first-order valence-electron chi connectivity index (χ1n) is 13.4. The van der Waals surface area contributed by atoms with E-state index in [9.17, 15) is 22.8 Å². The van der Waals surface area contributed by atoms with Gasteiger partial charge in [0.1, 0.15) is 0 Å². The second-order valence-corrected chi connectivity index (χ2v) is 10.9. The number of nitrogens with two attached hydrogens (primary N) is 1. The molecule has 3 aliphatic heterocycles. The van der Waals surface area contributed by atoms with Crippen LogP contribution in [0.4, 0.5) is 24.8 Å². The molecule has 2 aromatic heterocycles. The van der Waals surface area contributed by atoms with Gasteiger partial charge < -0.3 is 20.9 Å². The maximum absolute atomic E-state index is 13.1. The number of nitrogens with one attached hydrogen (secondary N) is 1. The molecule has 3 fully saturated rings. The number of nitrogens with zero attached hydrogens (tertiary/aromatic N) is 5. The molecule has 1 saturated carbocycles. The van der Waals surface area contributed by atoms with E-state index in [0.717, 1.165) is 36.2 Å². The van der Waals surface area contributed by atoms with Crippen LogP contribution in [0.25, 0.3) is 11.2 Å². The standard InChI is InChI=1S/C28H30F3N7O2/c29-28(30,31)10-7-23(39)36-12-8-19(9-13-36)22-2-1-11-38-24(22)34-26(35-38)33-21-5-3-20(4-6-21)25(40)37-16-18-14-27(37,15-18)17-32/h1-6,8,11,18H,7,9-10,12-17,32H2,(H,33,35). The number of amides is 2. The number of hydrogen-bond acceptors (Lipinski definition) is 6. The lowest BCUT2D eigenvalue weighted by Gasteiger charge is -2.41. The fourth-order valence-corrected chi connectivity index (χ4v) is 6.13. The zero-order valence-electron chi connectivity index (χ0n) is 21.8. The molecule has 2 saturated heterocycles. The summed E-state index contributed by atoms with van der Waals surface area (Å²) >= 11 is 0. The summed E-state index contributed by atoms with van der Waals surface area (Å²) in [7, 11) is 0. The largest absolute Gasteiger partial charge is 0.389 e. The molecule has 1 aliphatic carbocycles. The van der Waals surface area contributed by atoms with E-state index in [2.05, 4.69) is 15.4 Å². The first-order valence-corrected chi connectivity index (χ1v) is 13.4. The first kappa shape index (κ1) is 26.3. The van der Waals surface area contributed by atoms with Gasteiger partial charge in [-0.25, -0.2) is 4.52 Å². The SMILES string of the molecule is NCC12CC(CN1C(=O)c1ccc(Nc3nc4c(C5=CCN(C(=O)CCC(F)(F)F)CC5)cccn4n3)cc1)C2. The molecule has 0 unspecified atom stereocenters. The molecule has 40 heavy (non-hydrogen) atoms. The molecule has 9 nitrogen and oxygen atoms in total. The topological polar surface area (TPSA) is 109 Å². The average molecular weight is 554 g/mol. The van der Waals surface area contributed by atoms with Crippen molar-refractivity contribution in [2.24, 2.45) is 11.7 Å². The van der Waals surface area contributed by atoms with E-state index in [0.29, 0.717) is 42.6 Å². The number of carbonyl (C=O) groups is 2. The minimum atomic E-state index is -4.34. The van der Waals surface area contributed by atoms with Gasteiger partial charge in [0.2, 0.25) is 11.9 Å². The summed E-state index contributed by atoms with van der Waals surface area (Å²) in [6, 6.07) is 11.0. The fourth-order valence-electron chi connectivity index (χ4n) is 6.13. The Morgan fingerprint density at radius 2 is 1.93 bits per heavy atom. The molecule has 0 atom stereocenters. The van der Waals surface area contributed by atoms with Gasteiger partial charge >= 0.3 is 6.18 Å². The van der Waals surface area contributed by atoms with Crippen LogP contribution in [0, 0.1) is 5.92 Å². The molecule has 2 amide bonds. The van der Waals surface area contributed by atoms with Gasteiger partial charge in [-0.2, -0.15) is 18.2 Å². The average Bonchev–Trinajstić information content (AvgIpc) is 3.62. The number of hydrogen-bond donors (Lipinski definition) is 2. The molecule has 210 valence electrons.